The van der Waals surface area contributed by atoms with Crippen LogP contribution in [0.2, 0.25) is 5.02 Å². The Morgan fingerprint density at radius 3 is 2.67 bits per heavy atom. The van der Waals surface area contributed by atoms with E-state index < -0.39 is 0 Å². The molecule has 6 heteroatoms. The minimum Gasteiger partial charge on any atom is -0.287 e. The lowest BCUT2D eigenvalue weighted by Gasteiger charge is -2.36. The van der Waals surface area contributed by atoms with E-state index >= 15 is 0 Å². The first-order valence-corrected chi connectivity index (χ1v) is 6.94. The monoisotopic (exact) mass is 303 g/mol. The van der Waals surface area contributed by atoms with Crippen molar-refractivity contribution in [3.63, 3.8) is 0 Å². The second kappa shape index (κ2) is 4.79. The summed E-state index contributed by atoms with van der Waals surface area (Å²) in [6, 6.07) is 1.53. The third-order valence-electron chi connectivity index (χ3n) is 3.69. The minimum atomic E-state index is -0.261. The Hall–Kier alpha value is -1.98. The lowest BCUT2D eigenvalue weighted by Crippen LogP contribution is -2.42. The molecule has 5 nitrogen and oxygen atoms in total. The predicted octanol–water partition coefficient (Wildman–Crippen LogP) is 2.31. The van der Waals surface area contributed by atoms with Crippen molar-refractivity contribution in [3.05, 3.63) is 52.1 Å². The van der Waals surface area contributed by atoms with E-state index in [2.05, 4.69) is 4.98 Å². The largest absolute Gasteiger partial charge is 0.287 e. The van der Waals surface area contributed by atoms with Crippen LogP contribution >= 0.6 is 11.6 Å². The number of nitrogens with zero attached hydrogens (tertiary/aromatic N) is 3. The molecule has 2 aliphatic rings. The summed E-state index contributed by atoms with van der Waals surface area (Å²) in [7, 11) is 3.62. The molecule has 0 spiro atoms. The molecule has 0 fully saturated rings. The van der Waals surface area contributed by atoms with Gasteiger partial charge in [-0.1, -0.05) is 24.6 Å². The van der Waals surface area contributed by atoms with E-state index in [0.29, 0.717) is 11.3 Å². The van der Waals surface area contributed by atoms with Crippen LogP contribution in [0, 0.1) is 5.92 Å². The average molecular weight is 304 g/mol. The molecule has 1 atom stereocenters. The second-order valence-corrected chi connectivity index (χ2v) is 5.67. The van der Waals surface area contributed by atoms with Crippen LogP contribution in [0.3, 0.4) is 0 Å². The van der Waals surface area contributed by atoms with Crippen molar-refractivity contribution in [2.24, 2.45) is 5.92 Å². The van der Waals surface area contributed by atoms with Gasteiger partial charge < -0.3 is 0 Å². The first kappa shape index (κ1) is 14.0. The van der Waals surface area contributed by atoms with Gasteiger partial charge in [-0.2, -0.15) is 0 Å². The van der Waals surface area contributed by atoms with Gasteiger partial charge in [0.2, 0.25) is 11.6 Å². The highest BCUT2D eigenvalue weighted by Crippen LogP contribution is 2.37. The van der Waals surface area contributed by atoms with Crippen molar-refractivity contribution in [3.8, 4) is 0 Å². The van der Waals surface area contributed by atoms with Crippen LogP contribution in [0.1, 0.15) is 27.8 Å². The fourth-order valence-corrected chi connectivity index (χ4v) is 2.90. The zero-order valence-electron chi connectivity index (χ0n) is 11.9. The quantitative estimate of drug-likeness (QED) is 0.797. The minimum absolute atomic E-state index is 0.137. The van der Waals surface area contributed by atoms with E-state index in [-0.39, 0.29) is 33.8 Å². The molecule has 0 radical (unpaired) electrons. The Bertz CT molecular complexity index is 722. The third kappa shape index (κ3) is 1.92. The summed E-state index contributed by atoms with van der Waals surface area (Å²) < 4.78 is 0. The number of pyridine rings is 1. The van der Waals surface area contributed by atoms with Crippen LogP contribution in [0.4, 0.5) is 0 Å². The fraction of sp³-hybridized carbons (Fsp3) is 0.267. The summed E-state index contributed by atoms with van der Waals surface area (Å²) in [5.74, 6) is -0.630. The third-order valence-corrected chi connectivity index (χ3v) is 4.00. The molecule has 1 aromatic heterocycles. The molecular formula is C15H14ClN3O2. The van der Waals surface area contributed by atoms with Crippen LogP contribution in [0.25, 0.3) is 0 Å². The number of aromatic nitrogens is 1. The number of hydrogen-bond donors (Lipinski definition) is 0. The lowest BCUT2D eigenvalue weighted by atomic mass is 9.82. The van der Waals surface area contributed by atoms with Gasteiger partial charge in [0.25, 0.3) is 0 Å². The van der Waals surface area contributed by atoms with Crippen molar-refractivity contribution < 1.29 is 9.59 Å². The summed E-state index contributed by atoms with van der Waals surface area (Å²) in [5.41, 5.74) is 1.17. The Labute approximate surface area is 127 Å². The second-order valence-electron chi connectivity index (χ2n) is 5.26. The topological polar surface area (TPSA) is 53.5 Å². The Morgan fingerprint density at radius 2 is 2.00 bits per heavy atom. The number of hydrazine groups is 1. The first-order chi connectivity index (χ1) is 9.93. The van der Waals surface area contributed by atoms with Crippen molar-refractivity contribution in [1.29, 1.82) is 0 Å². The molecule has 108 valence electrons. The normalized spacial score (nSPS) is 21.0. The molecular weight excluding hydrogens is 290 g/mol. The predicted molar refractivity (Wildman–Crippen MR) is 78.8 cm³/mol. The summed E-state index contributed by atoms with van der Waals surface area (Å²) in [5, 5.41) is 3.67. The van der Waals surface area contributed by atoms with Crippen LogP contribution in [0.15, 0.2) is 35.8 Å². The Kier molecular flexibility index (Phi) is 3.19. The molecule has 1 unspecified atom stereocenters. The van der Waals surface area contributed by atoms with E-state index in [0.717, 1.165) is 0 Å². The highest BCUT2D eigenvalue weighted by atomic mass is 35.5. The van der Waals surface area contributed by atoms with Gasteiger partial charge in [0.1, 0.15) is 11.4 Å². The average Bonchev–Trinajstić information content (AvgIpc) is 2.44. The standard InChI is InChI=1S/C15H14ClN3O2/c1-8-5-7-19(18(2)3)13-10(8)14(20)12-11(15(13)21)9(16)4-6-17-12/h4-8H,1-3H3. The van der Waals surface area contributed by atoms with Gasteiger partial charge in [0.15, 0.2) is 0 Å². The number of Topliss-reactive ketones (excluding diaryl/α,β-unsaturated/α-hetero) is 2. The molecule has 1 aliphatic carbocycles. The molecule has 0 saturated heterocycles. The number of fused-ring (bicyclic) bond motifs is 1. The van der Waals surface area contributed by atoms with E-state index in [9.17, 15) is 9.59 Å². The smallest absolute Gasteiger partial charge is 0.215 e. The number of carbonyl (C=O) groups excluding carboxylic acids is 2. The van der Waals surface area contributed by atoms with Crippen LogP contribution in [-0.2, 0) is 0 Å². The number of rotatable bonds is 1. The summed E-state index contributed by atoms with van der Waals surface area (Å²) in [6.45, 7) is 1.89. The molecule has 2 heterocycles. The molecule has 0 bridgehead atoms. The van der Waals surface area contributed by atoms with Crippen LogP contribution < -0.4 is 0 Å². The van der Waals surface area contributed by atoms with Crippen molar-refractivity contribution in [1.82, 2.24) is 15.0 Å². The Balaban J connectivity index is 2.27. The first-order valence-electron chi connectivity index (χ1n) is 6.56. The highest BCUT2D eigenvalue weighted by Gasteiger charge is 2.40. The number of allylic oxidation sites excluding steroid dienone is 3. The highest BCUT2D eigenvalue weighted by molar-refractivity contribution is 6.38. The van der Waals surface area contributed by atoms with Crippen molar-refractivity contribution >= 4 is 23.2 Å². The maximum Gasteiger partial charge on any atom is 0.215 e. The van der Waals surface area contributed by atoms with E-state index in [4.69, 9.17) is 11.6 Å². The molecule has 0 aromatic carbocycles. The molecule has 0 saturated carbocycles. The zero-order valence-corrected chi connectivity index (χ0v) is 12.7. The van der Waals surface area contributed by atoms with Crippen molar-refractivity contribution in [2.45, 2.75) is 6.92 Å². The van der Waals surface area contributed by atoms with Crippen LogP contribution in [0.5, 0.6) is 0 Å². The number of carbonyl (C=O) groups is 2. The van der Waals surface area contributed by atoms with Gasteiger partial charge in [0, 0.05) is 38.0 Å². The fourth-order valence-electron chi connectivity index (χ4n) is 2.67. The van der Waals surface area contributed by atoms with Crippen molar-refractivity contribution in [2.75, 3.05) is 14.1 Å². The Morgan fingerprint density at radius 1 is 1.29 bits per heavy atom. The molecule has 1 aliphatic heterocycles. The van der Waals surface area contributed by atoms with Gasteiger partial charge >= 0.3 is 0 Å². The molecule has 0 amide bonds. The number of ketones is 2. The van der Waals surface area contributed by atoms with Gasteiger partial charge in [-0.05, 0) is 6.07 Å². The maximum atomic E-state index is 12.8. The number of halogens is 1. The van der Waals surface area contributed by atoms with Gasteiger partial charge in [-0.3, -0.25) is 19.6 Å². The molecule has 21 heavy (non-hydrogen) atoms. The number of hydrogen-bond acceptors (Lipinski definition) is 5. The SMILES string of the molecule is CC1C=CN(N(C)C)C2=C1C(=O)c1nccc(Cl)c1C2=O. The van der Waals surface area contributed by atoms with E-state index in [1.807, 2.05) is 27.1 Å². The zero-order chi connectivity index (χ0) is 15.3. The molecule has 0 N–H and O–H groups in total. The van der Waals surface area contributed by atoms with Gasteiger partial charge in [0.05, 0.1) is 10.6 Å². The maximum absolute atomic E-state index is 12.8. The lowest BCUT2D eigenvalue weighted by molar-refractivity contribution is 0.0780. The summed E-state index contributed by atoms with van der Waals surface area (Å²) in [4.78, 5) is 29.6. The van der Waals surface area contributed by atoms with E-state index in [1.54, 1.807) is 16.2 Å². The van der Waals surface area contributed by atoms with Gasteiger partial charge in [-0.25, -0.2) is 5.01 Å². The molecule has 3 rings (SSSR count). The molecule has 1 aromatic rings. The summed E-state index contributed by atoms with van der Waals surface area (Å²) >= 11 is 6.11. The van der Waals surface area contributed by atoms with Crippen LogP contribution in [-0.4, -0.2) is 40.7 Å². The summed E-state index contributed by atoms with van der Waals surface area (Å²) in [6.07, 6.45) is 5.13. The van der Waals surface area contributed by atoms with E-state index in [1.165, 1.54) is 12.3 Å². The van der Waals surface area contributed by atoms with Gasteiger partial charge in [-0.15, -0.1) is 0 Å².